The van der Waals surface area contributed by atoms with Crippen molar-refractivity contribution in [2.75, 3.05) is 19.1 Å². The molecule has 5 heteroatoms. The predicted molar refractivity (Wildman–Crippen MR) is 77.4 cm³/mol. The summed E-state index contributed by atoms with van der Waals surface area (Å²) in [6.45, 7) is -0.0966. The Kier molecular flexibility index (Phi) is 4.75. The smallest absolute Gasteiger partial charge is 0.149 e. The zero-order valence-corrected chi connectivity index (χ0v) is 11.9. The molecular formula is C16H17F2NO2. The van der Waals surface area contributed by atoms with E-state index in [1.165, 1.54) is 4.90 Å². The number of aliphatic hydroxyl groups excluding tert-OH is 1. The van der Waals surface area contributed by atoms with Crippen LogP contribution in [0.4, 0.5) is 14.5 Å². The summed E-state index contributed by atoms with van der Waals surface area (Å²) in [5.41, 5.74) is 0.907. The van der Waals surface area contributed by atoms with Crippen LogP contribution in [0, 0.1) is 11.6 Å². The highest BCUT2D eigenvalue weighted by molar-refractivity contribution is 5.51. The molecule has 1 N–H and O–H groups in total. The number of ether oxygens (including phenoxy) is 1. The van der Waals surface area contributed by atoms with E-state index in [1.54, 1.807) is 20.2 Å². The van der Waals surface area contributed by atoms with Gasteiger partial charge in [0.05, 0.1) is 13.7 Å². The lowest BCUT2D eigenvalue weighted by molar-refractivity contribution is 0.280. The predicted octanol–water partition coefficient (Wildman–Crippen LogP) is 3.10. The molecule has 0 aliphatic carbocycles. The monoisotopic (exact) mass is 293 g/mol. The SMILES string of the molecule is COc1ccccc1CN(C)c1c(F)cc(CO)cc1F. The molecule has 0 amide bonds. The number of methoxy groups -OCH3 is 1. The first-order valence-corrected chi connectivity index (χ1v) is 6.48. The molecule has 0 bridgehead atoms. The van der Waals surface area contributed by atoms with Crippen molar-refractivity contribution in [3.8, 4) is 5.75 Å². The number of para-hydroxylation sites is 1. The normalized spacial score (nSPS) is 10.5. The minimum atomic E-state index is -0.698. The standard InChI is InChI=1S/C16H17F2NO2/c1-19(9-12-5-3-4-6-15(12)21-2)16-13(17)7-11(10-20)8-14(16)18/h3-8,20H,9-10H2,1-2H3. The molecule has 0 heterocycles. The molecule has 0 atom stereocenters. The molecule has 0 aliphatic rings. The average molecular weight is 293 g/mol. The molecule has 0 radical (unpaired) electrons. The van der Waals surface area contributed by atoms with Crippen LogP contribution in [0.3, 0.4) is 0 Å². The molecule has 2 rings (SSSR count). The van der Waals surface area contributed by atoms with Gasteiger partial charge in [0.25, 0.3) is 0 Å². The van der Waals surface area contributed by atoms with Gasteiger partial charge in [0.2, 0.25) is 0 Å². The van der Waals surface area contributed by atoms with Gasteiger partial charge in [0.15, 0.2) is 0 Å². The molecule has 3 nitrogen and oxygen atoms in total. The Morgan fingerprint density at radius 3 is 2.33 bits per heavy atom. The fourth-order valence-corrected chi connectivity index (χ4v) is 2.24. The third kappa shape index (κ3) is 3.31. The summed E-state index contributed by atoms with van der Waals surface area (Å²) < 4.78 is 33.3. The molecule has 0 unspecified atom stereocenters. The molecule has 2 aromatic rings. The second-order valence-electron chi connectivity index (χ2n) is 4.73. The van der Waals surface area contributed by atoms with E-state index in [1.807, 2.05) is 18.2 Å². The van der Waals surface area contributed by atoms with Crippen LogP contribution in [0.5, 0.6) is 5.75 Å². The molecule has 2 aromatic carbocycles. The number of benzene rings is 2. The van der Waals surface area contributed by atoms with Gasteiger partial charge in [-0.15, -0.1) is 0 Å². The average Bonchev–Trinajstić information content (AvgIpc) is 2.46. The maximum Gasteiger partial charge on any atom is 0.149 e. The van der Waals surface area contributed by atoms with E-state index in [0.717, 1.165) is 17.7 Å². The number of aliphatic hydroxyl groups is 1. The van der Waals surface area contributed by atoms with Gasteiger partial charge in [-0.1, -0.05) is 18.2 Å². The lowest BCUT2D eigenvalue weighted by atomic mass is 10.1. The number of anilines is 1. The Hall–Kier alpha value is -2.14. The van der Waals surface area contributed by atoms with E-state index in [9.17, 15) is 8.78 Å². The number of rotatable bonds is 5. The third-order valence-corrected chi connectivity index (χ3v) is 3.24. The molecular weight excluding hydrogens is 276 g/mol. The number of nitrogens with zero attached hydrogens (tertiary/aromatic N) is 1. The van der Waals surface area contributed by atoms with Crippen molar-refractivity contribution >= 4 is 5.69 Å². The Labute approximate surface area is 122 Å². The lowest BCUT2D eigenvalue weighted by Crippen LogP contribution is -2.20. The van der Waals surface area contributed by atoms with E-state index < -0.39 is 18.2 Å². The van der Waals surface area contributed by atoms with Gasteiger partial charge in [0.1, 0.15) is 23.1 Å². The van der Waals surface area contributed by atoms with Crippen molar-refractivity contribution in [2.24, 2.45) is 0 Å². The van der Waals surface area contributed by atoms with Crippen LogP contribution >= 0.6 is 0 Å². The van der Waals surface area contributed by atoms with Crippen molar-refractivity contribution in [3.63, 3.8) is 0 Å². The van der Waals surface area contributed by atoms with Gasteiger partial charge in [-0.05, 0) is 23.8 Å². The molecule has 0 saturated heterocycles. The maximum absolute atomic E-state index is 14.0. The highest BCUT2D eigenvalue weighted by atomic mass is 19.1. The molecule has 0 aromatic heterocycles. The second-order valence-corrected chi connectivity index (χ2v) is 4.73. The summed E-state index contributed by atoms with van der Waals surface area (Å²) in [5, 5.41) is 8.96. The van der Waals surface area contributed by atoms with Crippen LogP contribution in [0.25, 0.3) is 0 Å². The zero-order chi connectivity index (χ0) is 15.4. The van der Waals surface area contributed by atoms with Crippen LogP contribution in [0.2, 0.25) is 0 Å². The Morgan fingerprint density at radius 1 is 1.14 bits per heavy atom. The van der Waals surface area contributed by atoms with Gasteiger partial charge in [0, 0.05) is 19.2 Å². The number of hydrogen-bond donors (Lipinski definition) is 1. The molecule has 112 valence electrons. The van der Waals surface area contributed by atoms with Crippen molar-refractivity contribution in [1.29, 1.82) is 0 Å². The topological polar surface area (TPSA) is 32.7 Å². The van der Waals surface area contributed by atoms with E-state index >= 15 is 0 Å². The lowest BCUT2D eigenvalue weighted by Gasteiger charge is -2.22. The summed E-state index contributed by atoms with van der Waals surface area (Å²) in [5.74, 6) is -0.731. The highest BCUT2D eigenvalue weighted by Crippen LogP contribution is 2.27. The first-order valence-electron chi connectivity index (χ1n) is 6.48. The third-order valence-electron chi connectivity index (χ3n) is 3.24. The maximum atomic E-state index is 14.0. The van der Waals surface area contributed by atoms with E-state index in [4.69, 9.17) is 9.84 Å². The summed E-state index contributed by atoms with van der Waals surface area (Å²) in [6, 6.07) is 9.58. The summed E-state index contributed by atoms with van der Waals surface area (Å²) in [7, 11) is 3.16. The van der Waals surface area contributed by atoms with Crippen LogP contribution < -0.4 is 9.64 Å². The van der Waals surface area contributed by atoms with Crippen molar-refractivity contribution in [2.45, 2.75) is 13.2 Å². The van der Waals surface area contributed by atoms with Crippen LogP contribution in [-0.4, -0.2) is 19.3 Å². The zero-order valence-electron chi connectivity index (χ0n) is 11.9. The minimum absolute atomic E-state index is 0.127. The van der Waals surface area contributed by atoms with E-state index in [2.05, 4.69) is 0 Å². The van der Waals surface area contributed by atoms with Crippen molar-refractivity contribution in [1.82, 2.24) is 0 Å². The Balaban J connectivity index is 2.30. The van der Waals surface area contributed by atoms with Gasteiger partial charge in [-0.3, -0.25) is 0 Å². The van der Waals surface area contributed by atoms with E-state index in [-0.39, 0.29) is 11.3 Å². The molecule has 0 fully saturated rings. The van der Waals surface area contributed by atoms with Crippen LogP contribution in [0.1, 0.15) is 11.1 Å². The van der Waals surface area contributed by atoms with Gasteiger partial charge >= 0.3 is 0 Å². The van der Waals surface area contributed by atoms with Crippen LogP contribution in [-0.2, 0) is 13.2 Å². The largest absolute Gasteiger partial charge is 0.496 e. The Bertz CT molecular complexity index is 608. The fourth-order valence-electron chi connectivity index (χ4n) is 2.24. The fraction of sp³-hybridized carbons (Fsp3) is 0.250. The van der Waals surface area contributed by atoms with Gasteiger partial charge < -0.3 is 14.7 Å². The quantitative estimate of drug-likeness (QED) is 0.919. The first-order chi connectivity index (χ1) is 10.1. The van der Waals surface area contributed by atoms with E-state index in [0.29, 0.717) is 12.3 Å². The number of hydrogen-bond acceptors (Lipinski definition) is 3. The van der Waals surface area contributed by atoms with Crippen molar-refractivity contribution < 1.29 is 18.6 Å². The Morgan fingerprint density at radius 2 is 1.76 bits per heavy atom. The molecule has 21 heavy (non-hydrogen) atoms. The molecule has 0 spiro atoms. The number of halogens is 2. The summed E-state index contributed by atoms with van der Waals surface area (Å²) in [6.07, 6.45) is 0. The summed E-state index contributed by atoms with van der Waals surface area (Å²) in [4.78, 5) is 1.48. The summed E-state index contributed by atoms with van der Waals surface area (Å²) >= 11 is 0. The van der Waals surface area contributed by atoms with Gasteiger partial charge in [-0.2, -0.15) is 0 Å². The van der Waals surface area contributed by atoms with Gasteiger partial charge in [-0.25, -0.2) is 8.78 Å². The second kappa shape index (κ2) is 6.54. The molecule has 0 aliphatic heterocycles. The first kappa shape index (κ1) is 15.3. The minimum Gasteiger partial charge on any atom is -0.496 e. The van der Waals surface area contributed by atoms with Crippen LogP contribution in [0.15, 0.2) is 36.4 Å². The van der Waals surface area contributed by atoms with Crippen molar-refractivity contribution in [3.05, 3.63) is 59.2 Å². The highest BCUT2D eigenvalue weighted by Gasteiger charge is 2.16. The molecule has 0 saturated carbocycles.